The zero-order valence-corrected chi connectivity index (χ0v) is 13.1. The van der Waals surface area contributed by atoms with Crippen LogP contribution in [0.2, 0.25) is 0 Å². The third kappa shape index (κ3) is 3.27. The van der Waals surface area contributed by atoms with E-state index in [4.69, 9.17) is 0 Å². The van der Waals surface area contributed by atoms with E-state index < -0.39 is 0 Å². The highest BCUT2D eigenvalue weighted by Crippen LogP contribution is 2.25. The van der Waals surface area contributed by atoms with E-state index in [-0.39, 0.29) is 0 Å². The Bertz CT molecular complexity index is 405. The topological polar surface area (TPSA) is 15.3 Å². The first kappa shape index (κ1) is 13.9. The molecule has 0 radical (unpaired) electrons. The Labute approximate surface area is 119 Å². The number of rotatable bonds is 3. The van der Waals surface area contributed by atoms with Crippen molar-refractivity contribution in [3.8, 4) is 0 Å². The average Bonchev–Trinajstić information content (AvgIpc) is 2.36. The Hall–Kier alpha value is -0.540. The molecule has 1 aliphatic rings. The molecule has 1 fully saturated rings. The lowest BCUT2D eigenvalue weighted by Crippen LogP contribution is -2.42. The van der Waals surface area contributed by atoms with Gasteiger partial charge in [-0.2, -0.15) is 0 Å². The number of hydrogen-bond donors (Lipinski definition) is 1. The number of piperidine rings is 1. The lowest BCUT2D eigenvalue weighted by molar-refractivity contribution is 0.190. The van der Waals surface area contributed by atoms with Gasteiger partial charge >= 0.3 is 0 Å². The molecule has 0 amide bonds. The molecule has 100 valence electrons. The Kier molecular flexibility index (Phi) is 4.68. The van der Waals surface area contributed by atoms with Gasteiger partial charge < -0.3 is 10.2 Å². The molecule has 1 N–H and O–H groups in total. The summed E-state index contributed by atoms with van der Waals surface area (Å²) in [4.78, 5) is 2.44. The van der Waals surface area contributed by atoms with Gasteiger partial charge in [-0.1, -0.05) is 22.9 Å². The van der Waals surface area contributed by atoms with Crippen LogP contribution in [-0.2, 0) is 6.42 Å². The van der Waals surface area contributed by atoms with Crippen molar-refractivity contribution in [1.82, 2.24) is 4.90 Å². The first-order valence-corrected chi connectivity index (χ1v) is 7.64. The second-order valence-electron chi connectivity index (χ2n) is 5.35. The molecule has 2 atom stereocenters. The molecule has 0 aromatic heterocycles. The fraction of sp³-hybridized carbons (Fsp3) is 0.600. The number of hydrogen-bond acceptors (Lipinski definition) is 2. The van der Waals surface area contributed by atoms with Gasteiger partial charge in [0.15, 0.2) is 0 Å². The molecule has 0 spiro atoms. The van der Waals surface area contributed by atoms with E-state index in [2.05, 4.69) is 65.2 Å². The van der Waals surface area contributed by atoms with Crippen LogP contribution >= 0.6 is 15.9 Å². The summed E-state index contributed by atoms with van der Waals surface area (Å²) in [5, 5.41) is 3.73. The predicted molar refractivity (Wildman–Crippen MR) is 82.3 cm³/mol. The highest BCUT2D eigenvalue weighted by Gasteiger charge is 2.22. The van der Waals surface area contributed by atoms with Gasteiger partial charge in [-0.3, -0.25) is 0 Å². The van der Waals surface area contributed by atoms with Crippen LogP contribution in [0.3, 0.4) is 0 Å². The van der Waals surface area contributed by atoms with E-state index in [1.54, 1.807) is 0 Å². The van der Waals surface area contributed by atoms with Crippen LogP contribution in [0, 0.1) is 0 Å². The van der Waals surface area contributed by atoms with Crippen LogP contribution in [0.5, 0.6) is 0 Å². The highest BCUT2D eigenvalue weighted by molar-refractivity contribution is 9.10. The number of anilines is 1. The van der Waals surface area contributed by atoms with Crippen molar-refractivity contribution in [2.75, 3.05) is 18.9 Å². The monoisotopic (exact) mass is 310 g/mol. The summed E-state index contributed by atoms with van der Waals surface area (Å²) in [5.74, 6) is 0. The normalized spacial score (nSPS) is 25.1. The van der Waals surface area contributed by atoms with E-state index in [1.807, 2.05) is 0 Å². The average molecular weight is 311 g/mol. The molecule has 1 aliphatic heterocycles. The number of aryl methyl sites for hydroxylation is 1. The van der Waals surface area contributed by atoms with Crippen LogP contribution in [-0.4, -0.2) is 30.6 Å². The first-order valence-electron chi connectivity index (χ1n) is 6.85. The summed E-state index contributed by atoms with van der Waals surface area (Å²) >= 11 is 3.55. The Morgan fingerprint density at radius 2 is 2.22 bits per heavy atom. The summed E-state index contributed by atoms with van der Waals surface area (Å²) in [6.07, 6.45) is 3.54. The molecule has 2 nitrogen and oxygen atoms in total. The minimum atomic E-state index is 0.614. The molecule has 2 unspecified atom stereocenters. The van der Waals surface area contributed by atoms with Gasteiger partial charge in [-0.15, -0.1) is 0 Å². The maximum Gasteiger partial charge on any atom is 0.0375 e. The summed E-state index contributed by atoms with van der Waals surface area (Å²) in [5.41, 5.74) is 2.71. The molecule has 3 heteroatoms. The van der Waals surface area contributed by atoms with Crippen molar-refractivity contribution in [2.24, 2.45) is 0 Å². The van der Waals surface area contributed by atoms with Gasteiger partial charge in [0.25, 0.3) is 0 Å². The quantitative estimate of drug-likeness (QED) is 0.910. The van der Waals surface area contributed by atoms with Crippen LogP contribution in [0.25, 0.3) is 0 Å². The molecule has 2 rings (SSSR count). The fourth-order valence-electron chi connectivity index (χ4n) is 2.64. The van der Waals surface area contributed by atoms with Crippen LogP contribution in [0.4, 0.5) is 5.69 Å². The molecular weight excluding hydrogens is 288 g/mol. The minimum Gasteiger partial charge on any atom is -0.382 e. The summed E-state index contributed by atoms with van der Waals surface area (Å²) < 4.78 is 1.17. The number of nitrogens with zero attached hydrogens (tertiary/aromatic N) is 1. The van der Waals surface area contributed by atoms with Crippen LogP contribution in [0.1, 0.15) is 32.3 Å². The lowest BCUT2D eigenvalue weighted by Gasteiger charge is -2.36. The summed E-state index contributed by atoms with van der Waals surface area (Å²) in [7, 11) is 2.22. The van der Waals surface area contributed by atoms with Gasteiger partial charge in [-0.05, 0) is 57.0 Å². The summed E-state index contributed by atoms with van der Waals surface area (Å²) in [6, 6.07) is 7.84. The molecule has 18 heavy (non-hydrogen) atoms. The highest BCUT2D eigenvalue weighted by atomic mass is 79.9. The summed E-state index contributed by atoms with van der Waals surface area (Å²) in [6.45, 7) is 5.72. The zero-order valence-electron chi connectivity index (χ0n) is 11.5. The van der Waals surface area contributed by atoms with Gasteiger partial charge in [0.05, 0.1) is 0 Å². The maximum absolute atomic E-state index is 3.73. The second-order valence-corrected chi connectivity index (χ2v) is 6.27. The second kappa shape index (κ2) is 6.07. The SMILES string of the molecule is CCc1cc(Br)ccc1NC1CCN(C)C(C)C1. The number of likely N-dealkylation sites (tertiary alicyclic amines) is 1. The molecule has 0 saturated carbocycles. The number of benzene rings is 1. The Morgan fingerprint density at radius 3 is 2.89 bits per heavy atom. The Balaban J connectivity index is 2.05. The van der Waals surface area contributed by atoms with Crippen LogP contribution < -0.4 is 5.32 Å². The zero-order chi connectivity index (χ0) is 13.1. The largest absolute Gasteiger partial charge is 0.382 e. The smallest absolute Gasteiger partial charge is 0.0375 e. The minimum absolute atomic E-state index is 0.614. The third-order valence-corrected chi connectivity index (χ3v) is 4.51. The number of halogens is 1. The van der Waals surface area contributed by atoms with Crippen molar-refractivity contribution < 1.29 is 0 Å². The maximum atomic E-state index is 3.73. The van der Waals surface area contributed by atoms with Crippen molar-refractivity contribution in [3.63, 3.8) is 0 Å². The fourth-order valence-corrected chi connectivity index (χ4v) is 3.04. The van der Waals surface area contributed by atoms with E-state index in [9.17, 15) is 0 Å². The molecule has 1 aromatic carbocycles. The molecule has 1 aromatic rings. The lowest BCUT2D eigenvalue weighted by atomic mass is 9.98. The predicted octanol–water partition coefficient (Wildman–Crippen LogP) is 3.91. The molecule has 0 aliphatic carbocycles. The van der Waals surface area contributed by atoms with Gasteiger partial charge in [0.1, 0.15) is 0 Å². The van der Waals surface area contributed by atoms with Crippen LogP contribution in [0.15, 0.2) is 22.7 Å². The molecule has 1 saturated heterocycles. The van der Waals surface area contributed by atoms with E-state index in [1.165, 1.54) is 35.1 Å². The van der Waals surface area contributed by atoms with E-state index >= 15 is 0 Å². The third-order valence-electron chi connectivity index (χ3n) is 4.02. The molecular formula is C15H23BrN2. The van der Waals surface area contributed by atoms with Crippen molar-refractivity contribution in [2.45, 2.75) is 45.2 Å². The molecule has 1 heterocycles. The van der Waals surface area contributed by atoms with Gasteiger partial charge in [0.2, 0.25) is 0 Å². The van der Waals surface area contributed by atoms with Gasteiger partial charge in [-0.25, -0.2) is 0 Å². The van der Waals surface area contributed by atoms with Gasteiger partial charge in [0, 0.05) is 28.8 Å². The van der Waals surface area contributed by atoms with E-state index in [0.717, 1.165) is 6.42 Å². The first-order chi connectivity index (χ1) is 8.60. The van der Waals surface area contributed by atoms with E-state index in [0.29, 0.717) is 12.1 Å². The standard InChI is InChI=1S/C15H23BrN2/c1-4-12-10-13(16)5-6-15(12)17-14-7-8-18(3)11(2)9-14/h5-6,10-11,14,17H,4,7-9H2,1-3H3. The van der Waals surface area contributed by atoms with Crippen molar-refractivity contribution >= 4 is 21.6 Å². The number of nitrogens with one attached hydrogen (secondary N) is 1. The van der Waals surface area contributed by atoms with Crippen molar-refractivity contribution in [1.29, 1.82) is 0 Å². The van der Waals surface area contributed by atoms with Crippen molar-refractivity contribution in [3.05, 3.63) is 28.2 Å². The Morgan fingerprint density at radius 1 is 1.44 bits per heavy atom. The molecule has 0 bridgehead atoms.